The van der Waals surface area contributed by atoms with E-state index in [4.69, 9.17) is 10.3 Å². The van der Waals surface area contributed by atoms with E-state index < -0.39 is 5.97 Å². The first kappa shape index (κ1) is 10.0. The predicted octanol–water partition coefficient (Wildman–Crippen LogP) is 1.73. The Bertz CT molecular complexity index is 225. The SMILES string of the molecule is C/C(=N\O)[C@H]1CCC[C@@H](C(=O)O)C1. The van der Waals surface area contributed by atoms with Crippen molar-refractivity contribution < 1.29 is 15.1 Å². The number of rotatable bonds is 2. The van der Waals surface area contributed by atoms with Gasteiger partial charge in [0.05, 0.1) is 11.6 Å². The van der Waals surface area contributed by atoms with E-state index in [0.717, 1.165) is 19.3 Å². The largest absolute Gasteiger partial charge is 0.481 e. The van der Waals surface area contributed by atoms with Crippen LogP contribution in [0, 0.1) is 11.8 Å². The summed E-state index contributed by atoms with van der Waals surface area (Å²) in [5.74, 6) is -0.828. The Kier molecular flexibility index (Phi) is 3.28. The van der Waals surface area contributed by atoms with Crippen molar-refractivity contribution in [1.82, 2.24) is 0 Å². The third-order valence-corrected chi connectivity index (χ3v) is 2.77. The molecule has 0 radical (unpaired) electrons. The van der Waals surface area contributed by atoms with Gasteiger partial charge in [0.2, 0.25) is 0 Å². The summed E-state index contributed by atoms with van der Waals surface area (Å²) in [6.07, 6.45) is 3.23. The highest BCUT2D eigenvalue weighted by atomic mass is 16.4. The van der Waals surface area contributed by atoms with Gasteiger partial charge in [-0.1, -0.05) is 11.6 Å². The standard InChI is InChI=1S/C9H15NO3/c1-6(10-13)7-3-2-4-8(5-7)9(11)12/h7-8,13H,2-5H2,1H3,(H,11,12)/b10-6+/t7-,8+/m0/s1. The van der Waals surface area contributed by atoms with Gasteiger partial charge in [-0.05, 0) is 26.2 Å². The Morgan fingerprint density at radius 1 is 1.38 bits per heavy atom. The number of oxime groups is 1. The topological polar surface area (TPSA) is 69.9 Å². The van der Waals surface area contributed by atoms with Gasteiger partial charge in [-0.25, -0.2) is 0 Å². The fourth-order valence-corrected chi connectivity index (χ4v) is 1.88. The molecule has 1 aliphatic carbocycles. The highest BCUT2D eigenvalue weighted by Crippen LogP contribution is 2.29. The van der Waals surface area contributed by atoms with Gasteiger partial charge in [-0.15, -0.1) is 0 Å². The highest BCUT2D eigenvalue weighted by molar-refractivity contribution is 5.84. The van der Waals surface area contributed by atoms with Gasteiger partial charge in [-0.2, -0.15) is 0 Å². The molecule has 1 fully saturated rings. The first-order chi connectivity index (χ1) is 6.15. The lowest BCUT2D eigenvalue weighted by molar-refractivity contribution is -0.143. The summed E-state index contributed by atoms with van der Waals surface area (Å²) in [6.45, 7) is 1.74. The molecule has 4 heteroatoms. The van der Waals surface area contributed by atoms with E-state index in [9.17, 15) is 4.79 Å². The molecule has 1 saturated carbocycles. The first-order valence-electron chi connectivity index (χ1n) is 4.56. The smallest absolute Gasteiger partial charge is 0.306 e. The molecule has 2 atom stereocenters. The Balaban J connectivity index is 2.56. The van der Waals surface area contributed by atoms with Crippen LogP contribution < -0.4 is 0 Å². The number of nitrogens with zero attached hydrogens (tertiary/aromatic N) is 1. The molecule has 0 aromatic carbocycles. The zero-order valence-electron chi connectivity index (χ0n) is 7.73. The van der Waals surface area contributed by atoms with Crippen LogP contribution in [-0.2, 0) is 4.79 Å². The normalized spacial score (nSPS) is 30.1. The summed E-state index contributed by atoms with van der Waals surface area (Å²) < 4.78 is 0. The summed E-state index contributed by atoms with van der Waals surface area (Å²) in [5, 5.41) is 20.5. The molecule has 0 unspecified atom stereocenters. The van der Waals surface area contributed by atoms with Crippen molar-refractivity contribution in [2.45, 2.75) is 32.6 Å². The molecule has 74 valence electrons. The van der Waals surface area contributed by atoms with Gasteiger partial charge in [0.15, 0.2) is 0 Å². The lowest BCUT2D eigenvalue weighted by Gasteiger charge is -2.25. The van der Waals surface area contributed by atoms with Gasteiger partial charge in [0.1, 0.15) is 0 Å². The molecule has 0 bridgehead atoms. The van der Waals surface area contributed by atoms with E-state index in [1.54, 1.807) is 6.92 Å². The van der Waals surface area contributed by atoms with Crippen LogP contribution in [0.15, 0.2) is 5.16 Å². The first-order valence-corrected chi connectivity index (χ1v) is 4.56. The zero-order valence-corrected chi connectivity index (χ0v) is 7.73. The molecular weight excluding hydrogens is 170 g/mol. The van der Waals surface area contributed by atoms with Crippen molar-refractivity contribution in [3.05, 3.63) is 0 Å². The summed E-state index contributed by atoms with van der Waals surface area (Å²) in [5.41, 5.74) is 0.658. The molecule has 2 N–H and O–H groups in total. The molecule has 0 saturated heterocycles. The van der Waals surface area contributed by atoms with Gasteiger partial charge >= 0.3 is 5.97 Å². The van der Waals surface area contributed by atoms with Crippen LogP contribution in [0.2, 0.25) is 0 Å². The Morgan fingerprint density at radius 2 is 2.00 bits per heavy atom. The zero-order chi connectivity index (χ0) is 9.84. The van der Waals surface area contributed by atoms with Crippen molar-refractivity contribution in [3.63, 3.8) is 0 Å². The van der Waals surface area contributed by atoms with Crippen molar-refractivity contribution >= 4 is 11.7 Å². The molecule has 1 rings (SSSR count). The Morgan fingerprint density at radius 3 is 2.54 bits per heavy atom. The van der Waals surface area contributed by atoms with Crippen molar-refractivity contribution in [3.8, 4) is 0 Å². The summed E-state index contributed by atoms with van der Waals surface area (Å²) >= 11 is 0. The quantitative estimate of drug-likeness (QED) is 0.391. The van der Waals surface area contributed by atoms with E-state index >= 15 is 0 Å². The highest BCUT2D eigenvalue weighted by Gasteiger charge is 2.28. The summed E-state index contributed by atoms with van der Waals surface area (Å²) in [7, 11) is 0. The van der Waals surface area contributed by atoms with Gasteiger partial charge in [0.25, 0.3) is 0 Å². The molecule has 13 heavy (non-hydrogen) atoms. The van der Waals surface area contributed by atoms with E-state index in [1.165, 1.54) is 0 Å². The Labute approximate surface area is 77.3 Å². The number of carboxylic acids is 1. The van der Waals surface area contributed by atoms with Crippen LogP contribution in [0.1, 0.15) is 32.6 Å². The fraction of sp³-hybridized carbons (Fsp3) is 0.778. The van der Waals surface area contributed by atoms with Crippen LogP contribution in [-0.4, -0.2) is 22.0 Å². The average molecular weight is 185 g/mol. The minimum absolute atomic E-state index is 0.153. The molecule has 1 aliphatic rings. The van der Waals surface area contributed by atoms with Crippen LogP contribution in [0.3, 0.4) is 0 Å². The van der Waals surface area contributed by atoms with E-state index in [0.29, 0.717) is 12.1 Å². The van der Waals surface area contributed by atoms with Crippen LogP contribution in [0.25, 0.3) is 0 Å². The molecule has 0 spiro atoms. The molecule has 0 amide bonds. The third-order valence-electron chi connectivity index (χ3n) is 2.77. The minimum atomic E-state index is -0.726. The fourth-order valence-electron chi connectivity index (χ4n) is 1.88. The molecular formula is C9H15NO3. The number of hydrogen-bond acceptors (Lipinski definition) is 3. The van der Waals surface area contributed by atoms with Gasteiger partial charge in [0, 0.05) is 5.92 Å². The van der Waals surface area contributed by atoms with Crippen LogP contribution in [0.5, 0.6) is 0 Å². The number of hydrogen-bond donors (Lipinski definition) is 2. The molecule has 0 aromatic heterocycles. The summed E-state index contributed by atoms with van der Waals surface area (Å²) in [4.78, 5) is 10.7. The second-order valence-corrected chi connectivity index (χ2v) is 3.64. The molecule has 0 heterocycles. The monoisotopic (exact) mass is 185 g/mol. The summed E-state index contributed by atoms with van der Waals surface area (Å²) in [6, 6.07) is 0. The van der Waals surface area contributed by atoms with Crippen molar-refractivity contribution in [2.75, 3.05) is 0 Å². The van der Waals surface area contributed by atoms with E-state index in [-0.39, 0.29) is 11.8 Å². The minimum Gasteiger partial charge on any atom is -0.481 e. The molecule has 4 nitrogen and oxygen atoms in total. The third kappa shape index (κ3) is 2.44. The number of aliphatic carboxylic acids is 1. The molecule has 0 aromatic rings. The van der Waals surface area contributed by atoms with Crippen molar-refractivity contribution in [1.29, 1.82) is 0 Å². The maximum absolute atomic E-state index is 10.7. The molecule has 0 aliphatic heterocycles. The Hall–Kier alpha value is -1.06. The lowest BCUT2D eigenvalue weighted by Crippen LogP contribution is -2.26. The van der Waals surface area contributed by atoms with E-state index in [2.05, 4.69) is 5.16 Å². The average Bonchev–Trinajstić information content (AvgIpc) is 2.17. The van der Waals surface area contributed by atoms with Crippen LogP contribution in [0.4, 0.5) is 0 Å². The van der Waals surface area contributed by atoms with Gasteiger partial charge in [-0.3, -0.25) is 4.79 Å². The maximum atomic E-state index is 10.7. The second-order valence-electron chi connectivity index (χ2n) is 3.64. The predicted molar refractivity (Wildman–Crippen MR) is 48.0 cm³/mol. The number of carbonyl (C=O) groups is 1. The van der Waals surface area contributed by atoms with Crippen LogP contribution >= 0.6 is 0 Å². The second kappa shape index (κ2) is 4.25. The van der Waals surface area contributed by atoms with Gasteiger partial charge < -0.3 is 10.3 Å². The van der Waals surface area contributed by atoms with E-state index in [1.807, 2.05) is 0 Å². The number of carboxylic acid groups (broad SMARTS) is 1. The van der Waals surface area contributed by atoms with Crippen molar-refractivity contribution in [2.24, 2.45) is 17.0 Å². The lowest BCUT2D eigenvalue weighted by atomic mass is 9.79. The maximum Gasteiger partial charge on any atom is 0.306 e.